The molecule has 0 aliphatic heterocycles. The summed E-state index contributed by atoms with van der Waals surface area (Å²) in [6.45, 7) is 6.77. The highest BCUT2D eigenvalue weighted by molar-refractivity contribution is 5.32. The van der Waals surface area contributed by atoms with Gasteiger partial charge in [0.1, 0.15) is 18.5 Å². The highest BCUT2D eigenvalue weighted by Crippen LogP contribution is 2.17. The van der Waals surface area contributed by atoms with E-state index in [9.17, 15) is 5.11 Å². The number of para-hydroxylation sites is 1. The number of nitrogens with two attached hydrogens (primary N) is 1. The summed E-state index contributed by atoms with van der Waals surface area (Å²) in [5, 5.41) is 10.0. The van der Waals surface area contributed by atoms with E-state index in [-0.39, 0.29) is 0 Å². The zero-order valence-electron chi connectivity index (χ0n) is 12.9. The Morgan fingerprint density at radius 2 is 2.00 bits per heavy atom. The molecule has 1 rings (SSSR count). The van der Waals surface area contributed by atoms with E-state index in [4.69, 9.17) is 10.5 Å². The van der Waals surface area contributed by atoms with Gasteiger partial charge >= 0.3 is 0 Å². The summed E-state index contributed by atoms with van der Waals surface area (Å²) in [5.41, 5.74) is 6.62. The average molecular weight is 280 g/mol. The Morgan fingerprint density at radius 3 is 2.65 bits per heavy atom. The third-order valence-corrected chi connectivity index (χ3v) is 3.23. The van der Waals surface area contributed by atoms with Crippen molar-refractivity contribution >= 4 is 0 Å². The Morgan fingerprint density at radius 1 is 1.30 bits per heavy atom. The van der Waals surface area contributed by atoms with Crippen molar-refractivity contribution in [3.63, 3.8) is 0 Å². The second-order valence-electron chi connectivity index (χ2n) is 5.72. The fraction of sp³-hybridized carbons (Fsp3) is 0.625. The van der Waals surface area contributed by atoms with E-state index in [1.165, 1.54) is 0 Å². The second-order valence-corrected chi connectivity index (χ2v) is 5.72. The maximum absolute atomic E-state index is 10.0. The van der Waals surface area contributed by atoms with Crippen LogP contribution in [0.25, 0.3) is 0 Å². The van der Waals surface area contributed by atoms with Crippen LogP contribution in [-0.4, -0.2) is 42.9 Å². The molecule has 20 heavy (non-hydrogen) atoms. The van der Waals surface area contributed by atoms with Crippen LogP contribution in [0.15, 0.2) is 24.3 Å². The van der Waals surface area contributed by atoms with Crippen molar-refractivity contribution in [1.29, 1.82) is 0 Å². The standard InChI is InChI=1S/C16H28N2O2/c1-13(2)8-9-18(3)11-15(19)12-20-16-7-5-4-6-14(16)10-17/h4-7,13,15,19H,8-12,17H2,1-3H3. The molecule has 1 atom stereocenters. The fourth-order valence-electron chi connectivity index (χ4n) is 1.98. The quantitative estimate of drug-likeness (QED) is 0.725. The molecule has 114 valence electrons. The number of aliphatic hydroxyl groups is 1. The van der Waals surface area contributed by atoms with Gasteiger partial charge in [0.15, 0.2) is 0 Å². The summed E-state index contributed by atoms with van der Waals surface area (Å²) in [4.78, 5) is 2.14. The highest BCUT2D eigenvalue weighted by Gasteiger charge is 2.10. The lowest BCUT2D eigenvalue weighted by Crippen LogP contribution is -2.34. The van der Waals surface area contributed by atoms with E-state index >= 15 is 0 Å². The van der Waals surface area contributed by atoms with E-state index in [1.807, 2.05) is 31.3 Å². The summed E-state index contributed by atoms with van der Waals surface area (Å²) in [7, 11) is 2.03. The monoisotopic (exact) mass is 280 g/mol. The van der Waals surface area contributed by atoms with Gasteiger partial charge in [-0.1, -0.05) is 32.0 Å². The molecular formula is C16H28N2O2. The molecule has 0 fully saturated rings. The van der Waals surface area contributed by atoms with Crippen molar-refractivity contribution in [1.82, 2.24) is 4.90 Å². The summed E-state index contributed by atoms with van der Waals surface area (Å²) < 4.78 is 5.66. The molecule has 0 heterocycles. The molecule has 1 unspecified atom stereocenters. The van der Waals surface area contributed by atoms with Crippen molar-refractivity contribution in [3.05, 3.63) is 29.8 Å². The van der Waals surface area contributed by atoms with Crippen LogP contribution in [0.2, 0.25) is 0 Å². The van der Waals surface area contributed by atoms with Crippen molar-refractivity contribution in [2.75, 3.05) is 26.7 Å². The topological polar surface area (TPSA) is 58.7 Å². The van der Waals surface area contributed by atoms with Gasteiger partial charge < -0.3 is 20.5 Å². The molecule has 0 spiro atoms. The molecule has 0 bridgehead atoms. The first kappa shape index (κ1) is 17.0. The lowest BCUT2D eigenvalue weighted by Gasteiger charge is -2.22. The zero-order valence-corrected chi connectivity index (χ0v) is 12.9. The largest absolute Gasteiger partial charge is 0.491 e. The Bertz CT molecular complexity index is 382. The van der Waals surface area contributed by atoms with E-state index in [2.05, 4.69) is 18.7 Å². The summed E-state index contributed by atoms with van der Waals surface area (Å²) in [5.74, 6) is 1.45. The molecule has 1 aromatic carbocycles. The van der Waals surface area contributed by atoms with E-state index in [0.717, 1.165) is 24.3 Å². The summed E-state index contributed by atoms with van der Waals surface area (Å²) in [6, 6.07) is 7.68. The van der Waals surface area contributed by atoms with Gasteiger partial charge in [-0.2, -0.15) is 0 Å². The first-order valence-electron chi connectivity index (χ1n) is 7.30. The second kappa shape index (κ2) is 8.95. The first-order valence-corrected chi connectivity index (χ1v) is 7.30. The van der Waals surface area contributed by atoms with Crippen molar-refractivity contribution in [2.45, 2.75) is 32.9 Å². The van der Waals surface area contributed by atoms with Gasteiger partial charge in [0, 0.05) is 18.7 Å². The van der Waals surface area contributed by atoms with Crippen LogP contribution in [0, 0.1) is 5.92 Å². The Hall–Kier alpha value is -1.10. The lowest BCUT2D eigenvalue weighted by molar-refractivity contribution is 0.0747. The third kappa shape index (κ3) is 6.37. The normalized spacial score (nSPS) is 12.9. The van der Waals surface area contributed by atoms with Crippen molar-refractivity contribution < 1.29 is 9.84 Å². The van der Waals surface area contributed by atoms with Crippen LogP contribution in [0.1, 0.15) is 25.8 Å². The highest BCUT2D eigenvalue weighted by atomic mass is 16.5. The first-order chi connectivity index (χ1) is 9.52. The van der Waals surface area contributed by atoms with Gasteiger partial charge in [-0.05, 0) is 32.0 Å². The number of likely N-dealkylation sites (N-methyl/N-ethyl adjacent to an activating group) is 1. The number of nitrogens with zero attached hydrogens (tertiary/aromatic N) is 1. The van der Waals surface area contributed by atoms with E-state index in [0.29, 0.717) is 25.6 Å². The van der Waals surface area contributed by atoms with Gasteiger partial charge in [-0.15, -0.1) is 0 Å². The summed E-state index contributed by atoms with van der Waals surface area (Å²) in [6.07, 6.45) is 0.651. The van der Waals surface area contributed by atoms with E-state index < -0.39 is 6.10 Å². The predicted octanol–water partition coefficient (Wildman–Crippen LogP) is 1.86. The molecule has 0 aromatic heterocycles. The Balaban J connectivity index is 2.33. The SMILES string of the molecule is CC(C)CCN(C)CC(O)COc1ccccc1CN. The number of hydrogen-bond donors (Lipinski definition) is 2. The van der Waals surface area contributed by atoms with E-state index in [1.54, 1.807) is 0 Å². The lowest BCUT2D eigenvalue weighted by atomic mass is 10.1. The number of hydrogen-bond acceptors (Lipinski definition) is 4. The zero-order chi connectivity index (χ0) is 15.0. The summed E-state index contributed by atoms with van der Waals surface area (Å²) >= 11 is 0. The maximum Gasteiger partial charge on any atom is 0.123 e. The minimum absolute atomic E-state index is 0.295. The Kier molecular flexibility index (Phi) is 7.59. The fourth-order valence-corrected chi connectivity index (χ4v) is 1.98. The minimum Gasteiger partial charge on any atom is -0.491 e. The molecule has 0 aliphatic carbocycles. The van der Waals surface area contributed by atoms with Gasteiger partial charge in [0.05, 0.1) is 0 Å². The van der Waals surface area contributed by atoms with Crippen LogP contribution in [0.5, 0.6) is 5.75 Å². The third-order valence-electron chi connectivity index (χ3n) is 3.23. The number of rotatable bonds is 9. The smallest absolute Gasteiger partial charge is 0.123 e. The minimum atomic E-state index is -0.488. The number of aliphatic hydroxyl groups excluding tert-OH is 1. The van der Waals surface area contributed by atoms with Crippen LogP contribution >= 0.6 is 0 Å². The van der Waals surface area contributed by atoms with Crippen LogP contribution < -0.4 is 10.5 Å². The molecule has 1 aromatic rings. The molecule has 3 N–H and O–H groups in total. The van der Waals surface area contributed by atoms with Gasteiger partial charge in [0.25, 0.3) is 0 Å². The average Bonchev–Trinajstić information content (AvgIpc) is 2.43. The molecule has 4 nitrogen and oxygen atoms in total. The van der Waals surface area contributed by atoms with Crippen LogP contribution in [0.4, 0.5) is 0 Å². The predicted molar refractivity (Wildman–Crippen MR) is 82.8 cm³/mol. The van der Waals surface area contributed by atoms with Gasteiger partial charge in [-0.25, -0.2) is 0 Å². The van der Waals surface area contributed by atoms with Crippen LogP contribution in [-0.2, 0) is 6.54 Å². The molecule has 4 heteroatoms. The van der Waals surface area contributed by atoms with Gasteiger partial charge in [0.2, 0.25) is 0 Å². The molecule has 0 radical (unpaired) electrons. The van der Waals surface area contributed by atoms with Crippen LogP contribution in [0.3, 0.4) is 0 Å². The molecule has 0 saturated heterocycles. The molecule has 0 aliphatic rings. The van der Waals surface area contributed by atoms with Crippen molar-refractivity contribution in [2.24, 2.45) is 11.7 Å². The number of ether oxygens (including phenoxy) is 1. The maximum atomic E-state index is 10.0. The molecule has 0 saturated carbocycles. The Labute approximate surface area is 122 Å². The molecule has 0 amide bonds. The molecular weight excluding hydrogens is 252 g/mol. The van der Waals surface area contributed by atoms with Crippen molar-refractivity contribution in [3.8, 4) is 5.75 Å². The van der Waals surface area contributed by atoms with Gasteiger partial charge in [-0.3, -0.25) is 0 Å². The number of benzene rings is 1.